The van der Waals surface area contributed by atoms with E-state index < -0.39 is 10.0 Å². The number of nitrogens with one attached hydrogen (secondary N) is 3. The van der Waals surface area contributed by atoms with Crippen molar-refractivity contribution in [3.8, 4) is 0 Å². The van der Waals surface area contributed by atoms with Gasteiger partial charge in [0, 0.05) is 38.6 Å². The maximum atomic E-state index is 12.1. The van der Waals surface area contributed by atoms with Crippen molar-refractivity contribution in [2.24, 2.45) is 0 Å². The van der Waals surface area contributed by atoms with Crippen LogP contribution in [0.5, 0.6) is 0 Å². The van der Waals surface area contributed by atoms with Crippen LogP contribution in [0.2, 0.25) is 0 Å². The second-order valence-corrected chi connectivity index (χ2v) is 8.70. The molecule has 0 unspecified atom stereocenters. The van der Waals surface area contributed by atoms with E-state index in [0.29, 0.717) is 13.1 Å². The molecule has 1 fully saturated rings. The molecule has 1 saturated heterocycles. The predicted octanol–water partition coefficient (Wildman–Crippen LogP) is 0.462. The first-order valence-electron chi connectivity index (χ1n) is 9.74. The van der Waals surface area contributed by atoms with Gasteiger partial charge >= 0.3 is 0 Å². The van der Waals surface area contributed by atoms with Crippen molar-refractivity contribution >= 4 is 21.8 Å². The van der Waals surface area contributed by atoms with E-state index in [1.807, 2.05) is 6.92 Å². The minimum absolute atomic E-state index is 0.0371. The number of nitrogens with zero attached hydrogens (tertiary/aromatic N) is 1. The maximum Gasteiger partial charge on any atom is 0.240 e. The fourth-order valence-electron chi connectivity index (χ4n) is 3.04. The Hall–Kier alpha value is -1.97. The molecule has 1 aromatic carbocycles. The highest BCUT2D eigenvalue weighted by molar-refractivity contribution is 7.89. The van der Waals surface area contributed by atoms with Crippen LogP contribution >= 0.6 is 0 Å². The summed E-state index contributed by atoms with van der Waals surface area (Å²) in [6.07, 6.45) is 2.57. The van der Waals surface area contributed by atoms with Crippen LogP contribution in [0.25, 0.3) is 0 Å². The Morgan fingerprint density at radius 2 is 1.75 bits per heavy atom. The van der Waals surface area contributed by atoms with E-state index in [1.165, 1.54) is 12.1 Å². The molecule has 3 N–H and O–H groups in total. The van der Waals surface area contributed by atoms with E-state index in [1.54, 1.807) is 18.2 Å². The zero-order valence-electron chi connectivity index (χ0n) is 16.3. The summed E-state index contributed by atoms with van der Waals surface area (Å²) < 4.78 is 26.7. The lowest BCUT2D eigenvalue weighted by atomic mass is 10.0. The lowest BCUT2D eigenvalue weighted by Gasteiger charge is -2.31. The quantitative estimate of drug-likeness (QED) is 0.519. The lowest BCUT2D eigenvalue weighted by molar-refractivity contribution is -0.124. The fourth-order valence-corrected chi connectivity index (χ4v) is 4.09. The molecule has 156 valence electrons. The zero-order valence-corrected chi connectivity index (χ0v) is 17.1. The third-order valence-electron chi connectivity index (χ3n) is 4.59. The summed E-state index contributed by atoms with van der Waals surface area (Å²) in [6, 6.07) is 8.14. The van der Waals surface area contributed by atoms with Crippen LogP contribution in [0, 0.1) is 0 Å². The molecule has 0 atom stereocenters. The van der Waals surface area contributed by atoms with Crippen LogP contribution in [0.15, 0.2) is 35.2 Å². The Morgan fingerprint density at radius 1 is 1.07 bits per heavy atom. The average Bonchev–Trinajstić information content (AvgIpc) is 2.68. The number of carbonyl (C=O) groups excluding carboxylic acids is 2. The molecular formula is C19H30N4O4S. The number of sulfonamides is 1. The summed E-state index contributed by atoms with van der Waals surface area (Å²) in [6.45, 7) is 4.66. The summed E-state index contributed by atoms with van der Waals surface area (Å²) >= 11 is 0. The lowest BCUT2D eigenvalue weighted by Crippen LogP contribution is -2.47. The van der Waals surface area contributed by atoms with Gasteiger partial charge in [-0.3, -0.25) is 14.5 Å². The molecule has 0 bridgehead atoms. The molecular weight excluding hydrogens is 380 g/mol. The number of hydrogen-bond donors (Lipinski definition) is 3. The van der Waals surface area contributed by atoms with Gasteiger partial charge in [-0.2, -0.15) is 0 Å². The number of benzene rings is 1. The van der Waals surface area contributed by atoms with Gasteiger partial charge in [-0.25, -0.2) is 13.1 Å². The largest absolute Gasteiger partial charge is 0.355 e. The summed E-state index contributed by atoms with van der Waals surface area (Å²) in [5.74, 6) is -0.134. The van der Waals surface area contributed by atoms with E-state index in [9.17, 15) is 18.0 Å². The van der Waals surface area contributed by atoms with Crippen LogP contribution in [-0.4, -0.2) is 63.9 Å². The van der Waals surface area contributed by atoms with Gasteiger partial charge < -0.3 is 10.6 Å². The highest BCUT2D eigenvalue weighted by atomic mass is 32.2. The molecule has 8 nitrogen and oxygen atoms in total. The summed E-state index contributed by atoms with van der Waals surface area (Å²) in [5.41, 5.74) is 0. The molecule has 1 heterocycles. The van der Waals surface area contributed by atoms with Crippen molar-refractivity contribution in [1.82, 2.24) is 20.3 Å². The van der Waals surface area contributed by atoms with Gasteiger partial charge in [0.05, 0.1) is 11.4 Å². The molecule has 1 aromatic rings. The minimum atomic E-state index is -3.59. The van der Waals surface area contributed by atoms with Gasteiger partial charge in [0.2, 0.25) is 21.8 Å². The SMILES string of the molecule is CCCNC(=O)CN1CCC(NC(=O)CCNS(=O)(=O)c2ccccc2)CC1. The smallest absolute Gasteiger partial charge is 0.240 e. The fraction of sp³-hybridized carbons (Fsp3) is 0.579. The second kappa shape index (κ2) is 11.1. The van der Waals surface area contributed by atoms with Crippen molar-refractivity contribution < 1.29 is 18.0 Å². The van der Waals surface area contributed by atoms with Crippen LogP contribution in [0.1, 0.15) is 32.6 Å². The van der Waals surface area contributed by atoms with E-state index in [4.69, 9.17) is 0 Å². The van der Waals surface area contributed by atoms with Crippen LogP contribution in [-0.2, 0) is 19.6 Å². The van der Waals surface area contributed by atoms with Crippen LogP contribution in [0.3, 0.4) is 0 Å². The van der Waals surface area contributed by atoms with Gasteiger partial charge in [-0.15, -0.1) is 0 Å². The molecule has 9 heteroatoms. The molecule has 28 heavy (non-hydrogen) atoms. The van der Waals surface area contributed by atoms with Gasteiger partial charge in [-0.05, 0) is 31.4 Å². The van der Waals surface area contributed by atoms with E-state index in [2.05, 4.69) is 20.3 Å². The molecule has 2 amide bonds. The molecule has 1 aliphatic heterocycles. The predicted molar refractivity (Wildman–Crippen MR) is 107 cm³/mol. The number of carbonyl (C=O) groups is 2. The number of piperidine rings is 1. The van der Waals surface area contributed by atoms with Crippen molar-refractivity contribution in [2.75, 3.05) is 32.7 Å². The Bertz CT molecular complexity index is 732. The molecule has 0 radical (unpaired) electrons. The van der Waals surface area contributed by atoms with E-state index in [-0.39, 0.29) is 35.7 Å². The summed E-state index contributed by atoms with van der Waals surface area (Å²) in [7, 11) is -3.59. The first-order valence-corrected chi connectivity index (χ1v) is 11.2. The Balaban J connectivity index is 1.64. The normalized spacial score (nSPS) is 15.9. The molecule has 0 aliphatic carbocycles. The van der Waals surface area contributed by atoms with Crippen molar-refractivity contribution in [1.29, 1.82) is 0 Å². The van der Waals surface area contributed by atoms with Crippen molar-refractivity contribution in [2.45, 2.75) is 43.5 Å². The first kappa shape index (κ1) is 22.3. The zero-order chi connectivity index (χ0) is 20.4. The summed E-state index contributed by atoms with van der Waals surface area (Å²) in [5, 5.41) is 5.82. The third kappa shape index (κ3) is 7.57. The number of amides is 2. The molecule has 1 aliphatic rings. The van der Waals surface area contributed by atoms with Gasteiger partial charge in [0.15, 0.2) is 0 Å². The highest BCUT2D eigenvalue weighted by Gasteiger charge is 2.22. The number of hydrogen-bond acceptors (Lipinski definition) is 5. The summed E-state index contributed by atoms with van der Waals surface area (Å²) in [4.78, 5) is 26.1. The van der Waals surface area contributed by atoms with Gasteiger partial charge in [0.25, 0.3) is 0 Å². The Morgan fingerprint density at radius 3 is 2.39 bits per heavy atom. The van der Waals surface area contributed by atoms with E-state index >= 15 is 0 Å². The average molecular weight is 411 g/mol. The van der Waals surface area contributed by atoms with Crippen LogP contribution < -0.4 is 15.4 Å². The monoisotopic (exact) mass is 410 g/mol. The van der Waals surface area contributed by atoms with Crippen molar-refractivity contribution in [3.05, 3.63) is 30.3 Å². The van der Waals surface area contributed by atoms with Gasteiger partial charge in [0.1, 0.15) is 0 Å². The molecule has 0 aromatic heterocycles. The first-order chi connectivity index (χ1) is 13.4. The van der Waals surface area contributed by atoms with Crippen LogP contribution in [0.4, 0.5) is 0 Å². The molecule has 0 spiro atoms. The number of likely N-dealkylation sites (tertiary alicyclic amines) is 1. The Labute approximate surface area is 167 Å². The third-order valence-corrected chi connectivity index (χ3v) is 6.07. The van der Waals surface area contributed by atoms with Gasteiger partial charge in [-0.1, -0.05) is 25.1 Å². The maximum absolute atomic E-state index is 12.1. The number of rotatable bonds is 10. The minimum Gasteiger partial charge on any atom is -0.355 e. The molecule has 0 saturated carbocycles. The van der Waals surface area contributed by atoms with Crippen molar-refractivity contribution in [3.63, 3.8) is 0 Å². The second-order valence-electron chi connectivity index (χ2n) is 6.93. The topological polar surface area (TPSA) is 108 Å². The molecule has 2 rings (SSSR count). The highest BCUT2D eigenvalue weighted by Crippen LogP contribution is 2.10. The standard InChI is InChI=1S/C19H30N4O4S/c1-2-11-20-19(25)15-23-13-9-16(10-14-23)22-18(24)8-12-21-28(26,27)17-6-4-3-5-7-17/h3-7,16,21H,2,8-15H2,1H3,(H,20,25)(H,22,24). The Kier molecular flexibility index (Phi) is 8.88. The van der Waals surface area contributed by atoms with E-state index in [0.717, 1.165) is 32.4 Å².